The van der Waals surface area contributed by atoms with E-state index in [1.54, 1.807) is 23.6 Å². The quantitative estimate of drug-likeness (QED) is 0.668. The molecule has 1 heterocycles. The summed E-state index contributed by atoms with van der Waals surface area (Å²) in [6.07, 6.45) is 2.68. The standard InChI is InChI=1S/C14H13BrN2OS/c1-2-10-7-8-11(19-10)9-16-17-14(18)12-5-3-4-6-13(12)15/h3-9H,2H2,1H3,(H,17,18). The molecule has 0 fully saturated rings. The summed E-state index contributed by atoms with van der Waals surface area (Å²) in [5, 5.41) is 3.97. The van der Waals surface area contributed by atoms with Crippen LogP contribution in [-0.2, 0) is 6.42 Å². The molecule has 1 N–H and O–H groups in total. The number of amides is 1. The molecule has 0 bridgehead atoms. The van der Waals surface area contributed by atoms with Gasteiger partial charge in [0.2, 0.25) is 0 Å². The Bertz CT molecular complexity index is 607. The summed E-state index contributed by atoms with van der Waals surface area (Å²) in [6, 6.07) is 11.3. The Kier molecular flexibility index (Phi) is 4.87. The third kappa shape index (κ3) is 3.75. The van der Waals surface area contributed by atoms with Gasteiger partial charge in [-0.05, 0) is 46.6 Å². The molecule has 0 atom stereocenters. The molecular formula is C14H13BrN2OS. The van der Waals surface area contributed by atoms with Gasteiger partial charge in [-0.15, -0.1) is 11.3 Å². The lowest BCUT2D eigenvalue weighted by Gasteiger charge is -2.01. The van der Waals surface area contributed by atoms with Gasteiger partial charge in [-0.25, -0.2) is 5.43 Å². The van der Waals surface area contributed by atoms with E-state index in [9.17, 15) is 4.79 Å². The van der Waals surface area contributed by atoms with Crippen LogP contribution in [0.5, 0.6) is 0 Å². The normalized spacial score (nSPS) is 10.8. The molecule has 0 saturated carbocycles. The van der Waals surface area contributed by atoms with Crippen LogP contribution >= 0.6 is 27.3 Å². The molecule has 19 heavy (non-hydrogen) atoms. The van der Waals surface area contributed by atoms with E-state index in [0.29, 0.717) is 5.56 Å². The van der Waals surface area contributed by atoms with Crippen molar-refractivity contribution in [3.05, 3.63) is 56.2 Å². The first-order valence-electron chi connectivity index (χ1n) is 5.87. The lowest BCUT2D eigenvalue weighted by molar-refractivity contribution is 0.0954. The van der Waals surface area contributed by atoms with Crippen LogP contribution in [-0.4, -0.2) is 12.1 Å². The van der Waals surface area contributed by atoms with Crippen molar-refractivity contribution in [1.82, 2.24) is 5.43 Å². The number of halogens is 1. The van der Waals surface area contributed by atoms with Crippen LogP contribution in [0.1, 0.15) is 27.0 Å². The highest BCUT2D eigenvalue weighted by Gasteiger charge is 2.07. The van der Waals surface area contributed by atoms with Crippen molar-refractivity contribution < 1.29 is 4.79 Å². The highest BCUT2D eigenvalue weighted by molar-refractivity contribution is 9.10. The number of hydrogen-bond donors (Lipinski definition) is 1. The molecule has 0 spiro atoms. The molecule has 1 aromatic heterocycles. The van der Waals surface area contributed by atoms with Gasteiger partial charge in [-0.3, -0.25) is 4.79 Å². The van der Waals surface area contributed by atoms with Gasteiger partial charge in [-0.2, -0.15) is 5.10 Å². The van der Waals surface area contributed by atoms with Crippen LogP contribution in [0, 0.1) is 0 Å². The number of rotatable bonds is 4. The molecule has 0 unspecified atom stereocenters. The monoisotopic (exact) mass is 336 g/mol. The van der Waals surface area contributed by atoms with E-state index in [-0.39, 0.29) is 5.91 Å². The lowest BCUT2D eigenvalue weighted by atomic mass is 10.2. The summed E-state index contributed by atoms with van der Waals surface area (Å²) in [7, 11) is 0. The fraction of sp³-hybridized carbons (Fsp3) is 0.143. The van der Waals surface area contributed by atoms with E-state index < -0.39 is 0 Å². The third-order valence-electron chi connectivity index (χ3n) is 2.51. The summed E-state index contributed by atoms with van der Waals surface area (Å²) in [4.78, 5) is 14.2. The van der Waals surface area contributed by atoms with Crippen molar-refractivity contribution in [2.45, 2.75) is 13.3 Å². The number of aryl methyl sites for hydroxylation is 1. The molecule has 98 valence electrons. The Morgan fingerprint density at radius 1 is 1.37 bits per heavy atom. The maximum atomic E-state index is 11.9. The predicted octanol–water partition coefficient (Wildman–Crippen LogP) is 3.84. The number of hydrazone groups is 1. The van der Waals surface area contributed by atoms with Crippen molar-refractivity contribution in [2.24, 2.45) is 5.10 Å². The van der Waals surface area contributed by atoms with Crippen molar-refractivity contribution in [3.8, 4) is 0 Å². The number of carbonyl (C=O) groups excluding carboxylic acids is 1. The highest BCUT2D eigenvalue weighted by atomic mass is 79.9. The average Bonchev–Trinajstić information content (AvgIpc) is 2.87. The number of nitrogens with one attached hydrogen (secondary N) is 1. The van der Waals surface area contributed by atoms with Crippen LogP contribution in [0.2, 0.25) is 0 Å². The molecule has 3 nitrogen and oxygen atoms in total. The average molecular weight is 337 g/mol. The first kappa shape index (κ1) is 14.0. The van der Waals surface area contributed by atoms with Crippen LogP contribution in [0.3, 0.4) is 0 Å². The molecule has 2 rings (SSSR count). The molecule has 0 radical (unpaired) electrons. The SMILES string of the molecule is CCc1ccc(C=NNC(=O)c2ccccc2Br)s1. The van der Waals surface area contributed by atoms with E-state index in [4.69, 9.17) is 0 Å². The van der Waals surface area contributed by atoms with Crippen LogP contribution < -0.4 is 5.43 Å². The minimum absolute atomic E-state index is 0.226. The van der Waals surface area contributed by atoms with Gasteiger partial charge in [0.05, 0.1) is 11.8 Å². The largest absolute Gasteiger partial charge is 0.272 e. The maximum Gasteiger partial charge on any atom is 0.272 e. The second-order valence-corrected chi connectivity index (χ2v) is 5.89. The highest BCUT2D eigenvalue weighted by Crippen LogP contribution is 2.16. The zero-order chi connectivity index (χ0) is 13.7. The number of carbonyl (C=O) groups is 1. The van der Waals surface area contributed by atoms with E-state index in [1.165, 1.54) is 4.88 Å². The van der Waals surface area contributed by atoms with Crippen LogP contribution in [0.25, 0.3) is 0 Å². The zero-order valence-corrected chi connectivity index (χ0v) is 12.8. The van der Waals surface area contributed by atoms with Gasteiger partial charge < -0.3 is 0 Å². The van der Waals surface area contributed by atoms with Gasteiger partial charge in [0, 0.05) is 14.2 Å². The number of nitrogens with zero attached hydrogens (tertiary/aromatic N) is 1. The first-order valence-corrected chi connectivity index (χ1v) is 7.48. The number of thiophene rings is 1. The topological polar surface area (TPSA) is 41.5 Å². The molecular weight excluding hydrogens is 324 g/mol. The van der Waals surface area contributed by atoms with E-state index in [0.717, 1.165) is 15.8 Å². The first-order chi connectivity index (χ1) is 9.20. The molecule has 2 aromatic rings. The Morgan fingerprint density at radius 3 is 2.84 bits per heavy atom. The van der Waals surface area contributed by atoms with Crippen molar-refractivity contribution in [1.29, 1.82) is 0 Å². The fourth-order valence-corrected chi connectivity index (χ4v) is 2.80. The second kappa shape index (κ2) is 6.63. The summed E-state index contributed by atoms with van der Waals surface area (Å²) < 4.78 is 0.757. The molecule has 5 heteroatoms. The zero-order valence-electron chi connectivity index (χ0n) is 10.4. The fourth-order valence-electron chi connectivity index (χ4n) is 1.51. The molecule has 1 amide bonds. The summed E-state index contributed by atoms with van der Waals surface area (Å²) in [6.45, 7) is 2.11. The maximum absolute atomic E-state index is 11.9. The van der Waals surface area contributed by atoms with Gasteiger partial charge in [-0.1, -0.05) is 19.1 Å². The van der Waals surface area contributed by atoms with Gasteiger partial charge in [0.15, 0.2) is 0 Å². The summed E-state index contributed by atoms with van der Waals surface area (Å²) in [5.41, 5.74) is 3.09. The van der Waals surface area contributed by atoms with Gasteiger partial charge in [0.25, 0.3) is 5.91 Å². The second-order valence-electron chi connectivity index (χ2n) is 3.84. The molecule has 0 aliphatic rings. The minimum Gasteiger partial charge on any atom is -0.267 e. The number of hydrogen-bond acceptors (Lipinski definition) is 3. The number of benzene rings is 1. The Balaban J connectivity index is 1.99. The van der Waals surface area contributed by atoms with Crippen LogP contribution in [0.15, 0.2) is 46.0 Å². The van der Waals surface area contributed by atoms with Gasteiger partial charge in [0.1, 0.15) is 0 Å². The lowest BCUT2D eigenvalue weighted by Crippen LogP contribution is -2.17. The molecule has 0 saturated heterocycles. The van der Waals surface area contributed by atoms with Crippen molar-refractivity contribution in [3.63, 3.8) is 0 Å². The summed E-state index contributed by atoms with van der Waals surface area (Å²) >= 11 is 5.01. The molecule has 0 aliphatic carbocycles. The van der Waals surface area contributed by atoms with Crippen molar-refractivity contribution in [2.75, 3.05) is 0 Å². The van der Waals surface area contributed by atoms with E-state index in [1.807, 2.05) is 24.3 Å². The predicted molar refractivity (Wildman–Crippen MR) is 82.9 cm³/mol. The van der Waals surface area contributed by atoms with E-state index in [2.05, 4.69) is 39.4 Å². The van der Waals surface area contributed by atoms with Gasteiger partial charge >= 0.3 is 0 Å². The minimum atomic E-state index is -0.226. The Hall–Kier alpha value is -1.46. The third-order valence-corrected chi connectivity index (χ3v) is 4.36. The Morgan fingerprint density at radius 2 is 2.16 bits per heavy atom. The van der Waals surface area contributed by atoms with Crippen LogP contribution in [0.4, 0.5) is 0 Å². The Labute approximate surface area is 124 Å². The molecule has 1 aromatic carbocycles. The molecule has 0 aliphatic heterocycles. The van der Waals surface area contributed by atoms with Crippen molar-refractivity contribution >= 4 is 39.4 Å². The van der Waals surface area contributed by atoms with E-state index >= 15 is 0 Å². The summed E-state index contributed by atoms with van der Waals surface area (Å²) in [5.74, 6) is -0.226. The smallest absolute Gasteiger partial charge is 0.267 e.